The first-order chi connectivity index (χ1) is 5.58. The molecule has 0 unspecified atom stereocenters. The van der Waals surface area contributed by atoms with E-state index in [4.69, 9.17) is 6.57 Å². The summed E-state index contributed by atoms with van der Waals surface area (Å²) in [4.78, 5) is 17.1. The van der Waals surface area contributed by atoms with Crippen molar-refractivity contribution >= 4 is 0 Å². The Morgan fingerprint density at radius 3 is 2.75 bits per heavy atom. The standard InChI is InChI=1S/C9H10N2O/c1-9(2,10-3)7-5-4-6-11-8(7)12/h4-6H,1-2H3,(H,11,12). The highest BCUT2D eigenvalue weighted by Crippen LogP contribution is 2.20. The van der Waals surface area contributed by atoms with Crippen molar-refractivity contribution < 1.29 is 0 Å². The van der Waals surface area contributed by atoms with Gasteiger partial charge in [0.1, 0.15) is 5.56 Å². The van der Waals surface area contributed by atoms with Crippen LogP contribution < -0.4 is 5.56 Å². The van der Waals surface area contributed by atoms with Crippen LogP contribution in [-0.4, -0.2) is 4.98 Å². The molecule has 1 aromatic rings. The molecule has 0 radical (unpaired) electrons. The molecule has 0 fully saturated rings. The highest BCUT2D eigenvalue weighted by atomic mass is 16.1. The van der Waals surface area contributed by atoms with E-state index in [1.54, 1.807) is 32.2 Å². The lowest BCUT2D eigenvalue weighted by molar-refractivity contribution is 0.652. The first-order valence-corrected chi connectivity index (χ1v) is 3.65. The maximum Gasteiger partial charge on any atom is 0.259 e. The van der Waals surface area contributed by atoms with Crippen molar-refractivity contribution in [1.29, 1.82) is 0 Å². The van der Waals surface area contributed by atoms with Crippen LogP contribution in [0.15, 0.2) is 23.1 Å². The van der Waals surface area contributed by atoms with Crippen LogP contribution in [0.1, 0.15) is 19.4 Å². The second kappa shape index (κ2) is 2.82. The molecule has 0 aliphatic rings. The van der Waals surface area contributed by atoms with E-state index in [2.05, 4.69) is 9.83 Å². The maximum atomic E-state index is 11.2. The van der Waals surface area contributed by atoms with Crippen LogP contribution in [0.2, 0.25) is 0 Å². The highest BCUT2D eigenvalue weighted by Gasteiger charge is 2.28. The van der Waals surface area contributed by atoms with Crippen LogP contribution in [0.25, 0.3) is 4.85 Å². The van der Waals surface area contributed by atoms with Gasteiger partial charge in [0.2, 0.25) is 0 Å². The van der Waals surface area contributed by atoms with Gasteiger partial charge in [-0.3, -0.25) is 4.79 Å². The van der Waals surface area contributed by atoms with Crippen LogP contribution in [0, 0.1) is 6.57 Å². The number of hydrogen-bond acceptors (Lipinski definition) is 1. The van der Waals surface area contributed by atoms with Gasteiger partial charge in [-0.2, -0.15) is 0 Å². The van der Waals surface area contributed by atoms with E-state index in [1.807, 2.05) is 0 Å². The fourth-order valence-corrected chi connectivity index (χ4v) is 0.964. The van der Waals surface area contributed by atoms with Gasteiger partial charge in [-0.15, -0.1) is 0 Å². The predicted molar refractivity (Wildman–Crippen MR) is 46.7 cm³/mol. The van der Waals surface area contributed by atoms with Crippen molar-refractivity contribution in [2.24, 2.45) is 0 Å². The first kappa shape index (κ1) is 8.54. The van der Waals surface area contributed by atoms with Crippen LogP contribution in [0.3, 0.4) is 0 Å². The minimum Gasteiger partial charge on any atom is -0.329 e. The Morgan fingerprint density at radius 1 is 1.58 bits per heavy atom. The zero-order valence-corrected chi connectivity index (χ0v) is 7.09. The predicted octanol–water partition coefficient (Wildman–Crippen LogP) is 1.53. The Morgan fingerprint density at radius 2 is 2.25 bits per heavy atom. The maximum absolute atomic E-state index is 11.2. The molecule has 0 bridgehead atoms. The second-order valence-electron chi connectivity index (χ2n) is 3.08. The van der Waals surface area contributed by atoms with Gasteiger partial charge in [-0.25, -0.2) is 6.57 Å². The van der Waals surface area contributed by atoms with Crippen molar-refractivity contribution in [2.45, 2.75) is 19.4 Å². The van der Waals surface area contributed by atoms with E-state index in [1.165, 1.54) is 0 Å². The topological polar surface area (TPSA) is 37.2 Å². The van der Waals surface area contributed by atoms with Gasteiger partial charge in [0.05, 0.1) is 0 Å². The normalized spacial score (nSPS) is 10.8. The summed E-state index contributed by atoms with van der Waals surface area (Å²) < 4.78 is 0. The Bertz CT molecular complexity index is 371. The molecule has 0 amide bonds. The Kier molecular flexibility index (Phi) is 2.01. The number of nitrogens with zero attached hydrogens (tertiary/aromatic N) is 1. The molecule has 1 heterocycles. The van der Waals surface area contributed by atoms with Crippen LogP contribution in [0.5, 0.6) is 0 Å². The summed E-state index contributed by atoms with van der Waals surface area (Å²) in [5.74, 6) is 0. The number of pyridine rings is 1. The van der Waals surface area contributed by atoms with E-state index in [0.29, 0.717) is 5.56 Å². The molecule has 1 rings (SSSR count). The molecule has 3 nitrogen and oxygen atoms in total. The molecule has 0 aromatic carbocycles. The lowest BCUT2D eigenvalue weighted by atomic mass is 9.97. The van der Waals surface area contributed by atoms with Gasteiger partial charge in [-0.05, 0) is 12.1 Å². The fraction of sp³-hybridized carbons (Fsp3) is 0.333. The zero-order chi connectivity index (χ0) is 9.19. The molecule has 0 atom stereocenters. The van der Waals surface area contributed by atoms with Gasteiger partial charge in [0.15, 0.2) is 0 Å². The summed E-state index contributed by atoms with van der Waals surface area (Å²) in [6.45, 7) is 10.4. The minimum atomic E-state index is -0.727. The average Bonchev–Trinajstić information content (AvgIpc) is 2.05. The molecule has 62 valence electrons. The van der Waals surface area contributed by atoms with Crippen LogP contribution in [-0.2, 0) is 5.54 Å². The number of hydrogen-bond donors (Lipinski definition) is 1. The first-order valence-electron chi connectivity index (χ1n) is 3.65. The van der Waals surface area contributed by atoms with Crippen LogP contribution in [0.4, 0.5) is 0 Å². The molecule has 0 spiro atoms. The van der Waals surface area contributed by atoms with E-state index < -0.39 is 5.54 Å². The number of nitrogens with one attached hydrogen (secondary N) is 1. The zero-order valence-electron chi connectivity index (χ0n) is 7.09. The molecule has 0 saturated heterocycles. The molecule has 0 aliphatic carbocycles. The molecule has 12 heavy (non-hydrogen) atoms. The SMILES string of the molecule is [C-]#[N+]C(C)(C)c1ccc[nH]c1=O. The summed E-state index contributed by atoms with van der Waals surface area (Å²) in [6, 6.07) is 3.40. The number of H-pyrrole nitrogens is 1. The van der Waals surface area contributed by atoms with Crippen molar-refractivity contribution in [3.8, 4) is 0 Å². The van der Waals surface area contributed by atoms with Crippen molar-refractivity contribution in [3.63, 3.8) is 0 Å². The Labute approximate surface area is 70.9 Å². The summed E-state index contributed by atoms with van der Waals surface area (Å²) in [7, 11) is 0. The monoisotopic (exact) mass is 162 g/mol. The third-order valence-corrected chi connectivity index (χ3v) is 1.76. The van der Waals surface area contributed by atoms with Gasteiger partial charge >= 0.3 is 0 Å². The summed E-state index contributed by atoms with van der Waals surface area (Å²) in [5.41, 5.74) is -0.395. The summed E-state index contributed by atoms with van der Waals surface area (Å²) in [5, 5.41) is 0. The molecule has 0 saturated carbocycles. The van der Waals surface area contributed by atoms with E-state index in [0.717, 1.165) is 0 Å². The fourth-order valence-electron chi connectivity index (χ4n) is 0.964. The lowest BCUT2D eigenvalue weighted by Gasteiger charge is -2.08. The van der Waals surface area contributed by atoms with E-state index >= 15 is 0 Å². The van der Waals surface area contributed by atoms with Gasteiger partial charge in [0, 0.05) is 20.0 Å². The highest BCUT2D eigenvalue weighted by molar-refractivity contribution is 5.22. The molecule has 3 heteroatoms. The smallest absolute Gasteiger partial charge is 0.259 e. The number of aromatic amines is 1. The van der Waals surface area contributed by atoms with Crippen molar-refractivity contribution in [1.82, 2.24) is 4.98 Å². The Hall–Kier alpha value is -1.56. The molecule has 0 aliphatic heterocycles. The van der Waals surface area contributed by atoms with E-state index in [-0.39, 0.29) is 5.56 Å². The van der Waals surface area contributed by atoms with Gasteiger partial charge in [0.25, 0.3) is 11.1 Å². The van der Waals surface area contributed by atoms with Gasteiger partial charge in [-0.1, -0.05) is 0 Å². The van der Waals surface area contributed by atoms with Crippen LogP contribution >= 0.6 is 0 Å². The minimum absolute atomic E-state index is 0.182. The van der Waals surface area contributed by atoms with Crippen molar-refractivity contribution in [2.75, 3.05) is 0 Å². The quantitative estimate of drug-likeness (QED) is 0.625. The summed E-state index contributed by atoms with van der Waals surface area (Å²) >= 11 is 0. The molecule has 1 N–H and O–H groups in total. The second-order valence-corrected chi connectivity index (χ2v) is 3.08. The molecule has 1 aromatic heterocycles. The molecular weight excluding hydrogens is 152 g/mol. The van der Waals surface area contributed by atoms with Gasteiger partial charge < -0.3 is 9.83 Å². The third kappa shape index (κ3) is 1.37. The largest absolute Gasteiger partial charge is 0.329 e. The lowest BCUT2D eigenvalue weighted by Crippen LogP contribution is -2.23. The van der Waals surface area contributed by atoms with E-state index in [9.17, 15) is 4.79 Å². The Balaban J connectivity index is 3.32. The number of rotatable bonds is 1. The number of aromatic nitrogens is 1. The molecular formula is C9H10N2O. The summed E-state index contributed by atoms with van der Waals surface area (Å²) in [6.07, 6.45) is 1.56. The average molecular weight is 162 g/mol. The third-order valence-electron chi connectivity index (χ3n) is 1.76. The van der Waals surface area contributed by atoms with Crippen molar-refractivity contribution in [3.05, 3.63) is 45.7 Å².